The number of carbonyl (C=O) groups excluding carboxylic acids is 2. The summed E-state index contributed by atoms with van der Waals surface area (Å²) < 4.78 is 34.0. The summed E-state index contributed by atoms with van der Waals surface area (Å²) in [5.74, 6) is -2.27. The van der Waals surface area contributed by atoms with Crippen molar-refractivity contribution in [3.63, 3.8) is 0 Å². The summed E-state index contributed by atoms with van der Waals surface area (Å²) in [5, 5.41) is 13.1. The molecule has 4 aromatic rings. The summed E-state index contributed by atoms with van der Waals surface area (Å²) in [6, 6.07) is 2.78. The van der Waals surface area contributed by atoms with Crippen LogP contribution in [0.3, 0.4) is 0 Å². The molecular formula is C29H29ClFN7O7. The number of aromatic nitrogens is 4. The molecule has 0 atom stereocenters. The van der Waals surface area contributed by atoms with Gasteiger partial charge in [0.2, 0.25) is 17.6 Å². The first-order valence-corrected chi connectivity index (χ1v) is 14.4. The molecule has 0 radical (unpaired) electrons. The van der Waals surface area contributed by atoms with Gasteiger partial charge in [-0.25, -0.2) is 9.97 Å². The molecule has 2 amide bonds. The number of carbonyl (C=O) groups is 2. The lowest BCUT2D eigenvalue weighted by atomic mass is 10.00. The van der Waals surface area contributed by atoms with E-state index in [1.54, 1.807) is 4.57 Å². The van der Waals surface area contributed by atoms with E-state index in [4.69, 9.17) is 36.5 Å². The van der Waals surface area contributed by atoms with Gasteiger partial charge in [-0.05, 0) is 12.5 Å². The largest absolute Gasteiger partial charge is 0.504 e. The van der Waals surface area contributed by atoms with Gasteiger partial charge in [0.1, 0.15) is 28.9 Å². The van der Waals surface area contributed by atoms with E-state index in [1.165, 1.54) is 37.1 Å². The van der Waals surface area contributed by atoms with Crippen molar-refractivity contribution < 1.29 is 33.3 Å². The summed E-state index contributed by atoms with van der Waals surface area (Å²) in [4.78, 5) is 50.0. The van der Waals surface area contributed by atoms with Crippen molar-refractivity contribution in [3.8, 4) is 28.4 Å². The van der Waals surface area contributed by atoms with Gasteiger partial charge in [0.15, 0.2) is 11.5 Å². The van der Waals surface area contributed by atoms with Crippen LogP contribution in [-0.2, 0) is 29.0 Å². The molecular weight excluding hydrogens is 613 g/mol. The zero-order valence-corrected chi connectivity index (χ0v) is 25.1. The summed E-state index contributed by atoms with van der Waals surface area (Å²) >= 11 is 6.19. The molecule has 3 aromatic heterocycles. The number of pyridine rings is 1. The molecule has 5 heterocycles. The number of methoxy groups -OCH3 is 2. The van der Waals surface area contributed by atoms with E-state index in [-0.39, 0.29) is 62.0 Å². The Bertz CT molecular complexity index is 1920. The van der Waals surface area contributed by atoms with E-state index in [0.29, 0.717) is 57.3 Å². The minimum absolute atomic E-state index is 0.0253. The first-order valence-electron chi connectivity index (χ1n) is 14.0. The number of amides is 2. The number of nitrogens with one attached hydrogen (secondary N) is 1. The highest BCUT2D eigenvalue weighted by atomic mass is 35.5. The molecule has 1 aromatic carbocycles. The maximum Gasteiger partial charge on any atom is 0.263 e. The number of ether oxygens (including phenoxy) is 3. The van der Waals surface area contributed by atoms with Crippen molar-refractivity contribution in [2.24, 2.45) is 5.73 Å². The molecule has 14 nitrogen and oxygen atoms in total. The number of fused-ring (bicyclic) bond motifs is 2. The highest BCUT2D eigenvalue weighted by Crippen LogP contribution is 2.47. The van der Waals surface area contributed by atoms with E-state index in [2.05, 4.69) is 10.3 Å². The minimum atomic E-state index is -0.938. The minimum Gasteiger partial charge on any atom is -0.504 e. The summed E-state index contributed by atoms with van der Waals surface area (Å²) in [6.07, 6.45) is 2.79. The zero-order chi connectivity index (χ0) is 32.0. The Kier molecular flexibility index (Phi) is 7.97. The Balaban J connectivity index is 1.45. The Hall–Kier alpha value is -4.89. The van der Waals surface area contributed by atoms with Crippen LogP contribution in [0.2, 0.25) is 5.02 Å². The second kappa shape index (κ2) is 11.9. The van der Waals surface area contributed by atoms with Gasteiger partial charge < -0.3 is 39.8 Å². The number of benzene rings is 1. The van der Waals surface area contributed by atoms with Gasteiger partial charge in [-0.2, -0.15) is 4.39 Å². The van der Waals surface area contributed by atoms with Gasteiger partial charge in [0.05, 0.1) is 44.1 Å². The van der Waals surface area contributed by atoms with Gasteiger partial charge in [-0.3, -0.25) is 19.0 Å². The average molecular weight is 642 g/mol. The van der Waals surface area contributed by atoms with E-state index in [9.17, 15) is 23.9 Å². The number of anilines is 2. The fraction of sp³-hybridized carbons (Fsp3) is 0.345. The number of primary amides is 1. The molecule has 0 bridgehead atoms. The van der Waals surface area contributed by atoms with E-state index in [1.807, 2.05) is 4.90 Å². The SMILES string of the molecule is COc1c(-c2cn(CC(=O)Nc3cc(N4CCOCC4)nc(F)c3Cl)c3nc4n(c(=O)c23)CCC4)cc(C(N)=O)c(O)c1OC. The van der Waals surface area contributed by atoms with E-state index < -0.39 is 23.5 Å². The predicted octanol–water partition coefficient (Wildman–Crippen LogP) is 2.30. The van der Waals surface area contributed by atoms with Crippen molar-refractivity contribution in [1.82, 2.24) is 19.1 Å². The molecule has 45 heavy (non-hydrogen) atoms. The molecule has 6 rings (SSSR count). The van der Waals surface area contributed by atoms with Crippen LogP contribution in [0.1, 0.15) is 22.6 Å². The van der Waals surface area contributed by atoms with Crippen molar-refractivity contribution in [1.29, 1.82) is 0 Å². The Labute approximate surface area is 260 Å². The fourth-order valence-electron chi connectivity index (χ4n) is 5.74. The lowest BCUT2D eigenvalue weighted by Gasteiger charge is -2.28. The van der Waals surface area contributed by atoms with Gasteiger partial charge in [-0.1, -0.05) is 11.6 Å². The maximum atomic E-state index is 14.7. The van der Waals surface area contributed by atoms with E-state index in [0.717, 1.165) is 0 Å². The Morgan fingerprint density at radius 2 is 1.87 bits per heavy atom. The molecule has 0 aliphatic carbocycles. The van der Waals surface area contributed by atoms with Crippen LogP contribution in [-0.4, -0.2) is 76.5 Å². The Morgan fingerprint density at radius 1 is 1.13 bits per heavy atom. The molecule has 16 heteroatoms. The number of hydrogen-bond acceptors (Lipinski definition) is 10. The topological polar surface area (TPSA) is 176 Å². The second-order valence-corrected chi connectivity index (χ2v) is 10.9. The summed E-state index contributed by atoms with van der Waals surface area (Å²) in [6.45, 7) is 2.00. The average Bonchev–Trinajstić information content (AvgIpc) is 3.64. The number of morpholine rings is 1. The molecule has 0 unspecified atom stereocenters. The molecule has 2 aliphatic heterocycles. The predicted molar refractivity (Wildman–Crippen MR) is 162 cm³/mol. The monoisotopic (exact) mass is 641 g/mol. The number of rotatable bonds is 8. The molecule has 1 saturated heterocycles. The molecule has 1 fully saturated rings. The quantitative estimate of drug-likeness (QED) is 0.242. The molecule has 2 aliphatic rings. The first kappa shape index (κ1) is 30.1. The normalized spacial score (nSPS) is 14.4. The van der Waals surface area contributed by atoms with Crippen LogP contribution >= 0.6 is 11.6 Å². The van der Waals surface area contributed by atoms with E-state index >= 15 is 0 Å². The third-order valence-electron chi connectivity index (χ3n) is 7.84. The van der Waals surface area contributed by atoms with Crippen molar-refractivity contribution >= 4 is 46.0 Å². The smallest absolute Gasteiger partial charge is 0.263 e. The zero-order valence-electron chi connectivity index (χ0n) is 24.4. The van der Waals surface area contributed by atoms with Crippen LogP contribution in [0.25, 0.3) is 22.2 Å². The van der Waals surface area contributed by atoms with Gasteiger partial charge in [0, 0.05) is 49.4 Å². The van der Waals surface area contributed by atoms with Crippen molar-refractivity contribution in [3.05, 3.63) is 51.0 Å². The van der Waals surface area contributed by atoms with Gasteiger partial charge in [-0.15, -0.1) is 0 Å². The lowest BCUT2D eigenvalue weighted by molar-refractivity contribution is -0.116. The molecule has 0 saturated carbocycles. The standard InChI is InChI=1S/C29H29ClFN7O7/c1-43-24-14(10-15(27(32)41)23(40)25(24)44-2)16-12-37(28-21(16)29(42)38-5-3-4-18(38)35-28)13-20(39)33-17-11-19(34-26(31)22(17)30)36-6-8-45-9-7-36/h10-12,40H,3-9,13H2,1-2H3,(H2,32,41)(H,33,34,39). The highest BCUT2D eigenvalue weighted by Gasteiger charge is 2.29. The van der Waals surface area contributed by atoms with Crippen LogP contribution in [0.4, 0.5) is 15.9 Å². The molecule has 4 N–H and O–H groups in total. The number of aryl methyl sites for hydroxylation is 1. The van der Waals surface area contributed by atoms with Crippen LogP contribution in [0.15, 0.2) is 23.1 Å². The number of phenols is 1. The number of aromatic hydroxyl groups is 1. The maximum absolute atomic E-state index is 14.7. The Morgan fingerprint density at radius 3 is 2.56 bits per heavy atom. The number of halogens is 2. The highest BCUT2D eigenvalue weighted by molar-refractivity contribution is 6.33. The van der Waals surface area contributed by atoms with Gasteiger partial charge >= 0.3 is 0 Å². The van der Waals surface area contributed by atoms with Crippen LogP contribution in [0.5, 0.6) is 17.2 Å². The van der Waals surface area contributed by atoms with Crippen LogP contribution < -0.4 is 31.0 Å². The number of nitrogens with two attached hydrogens (primary N) is 1. The third kappa shape index (κ3) is 5.27. The molecule has 0 spiro atoms. The molecule has 236 valence electrons. The summed E-state index contributed by atoms with van der Waals surface area (Å²) in [5.41, 5.74) is 5.61. The second-order valence-electron chi connectivity index (χ2n) is 10.5. The van der Waals surface area contributed by atoms with Crippen LogP contribution in [0, 0.1) is 5.95 Å². The number of hydrogen-bond donors (Lipinski definition) is 3. The van der Waals surface area contributed by atoms with Crippen molar-refractivity contribution in [2.75, 3.05) is 50.7 Å². The third-order valence-corrected chi connectivity index (χ3v) is 8.20. The van der Waals surface area contributed by atoms with Crippen molar-refractivity contribution in [2.45, 2.75) is 25.9 Å². The lowest BCUT2D eigenvalue weighted by Crippen LogP contribution is -2.37. The summed E-state index contributed by atoms with van der Waals surface area (Å²) in [7, 11) is 2.61. The number of nitrogens with zero attached hydrogens (tertiary/aromatic N) is 5. The fourth-order valence-corrected chi connectivity index (χ4v) is 5.88. The van der Waals surface area contributed by atoms with Gasteiger partial charge in [0.25, 0.3) is 11.5 Å². The first-order chi connectivity index (χ1) is 21.6.